The summed E-state index contributed by atoms with van der Waals surface area (Å²) in [6, 6.07) is 23.3. The molecule has 0 aliphatic carbocycles. The maximum atomic E-state index is 12.8. The molecule has 0 spiro atoms. The Kier molecular flexibility index (Phi) is 6.90. The maximum Gasteiger partial charge on any atom is 0.336 e. The molecule has 8 heteroatoms. The van der Waals surface area contributed by atoms with Gasteiger partial charge in [-0.05, 0) is 60.0 Å². The van der Waals surface area contributed by atoms with Crippen molar-refractivity contribution in [1.29, 1.82) is 0 Å². The minimum Gasteiger partial charge on any atom is -0.478 e. The number of nitrogens with one attached hydrogen (secondary N) is 1. The predicted molar refractivity (Wildman–Crippen MR) is 136 cm³/mol. The Morgan fingerprint density at radius 1 is 1.00 bits per heavy atom. The number of anilines is 1. The molecule has 0 bridgehead atoms. The number of pyridine rings is 1. The van der Waals surface area contributed by atoms with Crippen molar-refractivity contribution in [3.05, 3.63) is 95.7 Å². The van der Waals surface area contributed by atoms with Crippen molar-refractivity contribution in [3.63, 3.8) is 0 Å². The first-order valence-electron chi connectivity index (χ1n) is 10.7. The van der Waals surface area contributed by atoms with Crippen LogP contribution in [0.1, 0.15) is 41.4 Å². The first-order valence-corrected chi connectivity index (χ1v) is 13.2. The average Bonchev–Trinajstić information content (AvgIpc) is 2.82. The number of carboxylic acid groups (broad SMARTS) is 1. The van der Waals surface area contributed by atoms with Crippen molar-refractivity contribution < 1.29 is 18.3 Å². The van der Waals surface area contributed by atoms with Gasteiger partial charge >= 0.3 is 5.97 Å². The van der Waals surface area contributed by atoms with Gasteiger partial charge in [-0.25, -0.2) is 13.2 Å². The van der Waals surface area contributed by atoms with Gasteiger partial charge in [0.05, 0.1) is 21.7 Å². The highest BCUT2D eigenvalue weighted by Crippen LogP contribution is 2.27. The number of para-hydroxylation sites is 1. The standard InChI is InChI=1S/C26H24N2O4S2/c1-17(2)23-14-13-22(15-24(23)26(29)30)34(31,32)28-19-9-11-21(12-10-19)33-16-20-8-7-18-5-3-4-6-25(18)27-20/h3-15,17,28H,16H2,1-2H3,(H,29,30). The number of hydrogen-bond acceptors (Lipinski definition) is 5. The predicted octanol–water partition coefficient (Wildman–Crippen LogP) is 6.15. The van der Waals surface area contributed by atoms with E-state index in [2.05, 4.69) is 15.8 Å². The second kappa shape index (κ2) is 9.87. The molecular weight excluding hydrogens is 468 g/mol. The van der Waals surface area contributed by atoms with E-state index >= 15 is 0 Å². The van der Waals surface area contributed by atoms with Gasteiger partial charge in [0.25, 0.3) is 10.0 Å². The van der Waals surface area contributed by atoms with Crippen molar-refractivity contribution in [1.82, 2.24) is 4.98 Å². The number of rotatable bonds is 8. The number of nitrogens with zero attached hydrogens (tertiary/aromatic N) is 1. The Balaban J connectivity index is 1.45. The molecule has 0 saturated heterocycles. The van der Waals surface area contributed by atoms with Crippen LogP contribution in [0.2, 0.25) is 0 Å². The van der Waals surface area contributed by atoms with Crippen molar-refractivity contribution in [2.24, 2.45) is 0 Å². The van der Waals surface area contributed by atoms with E-state index in [4.69, 9.17) is 0 Å². The third kappa shape index (κ3) is 5.40. The van der Waals surface area contributed by atoms with Crippen LogP contribution < -0.4 is 4.72 Å². The molecule has 0 saturated carbocycles. The fraction of sp³-hybridized carbons (Fsp3) is 0.154. The average molecular weight is 493 g/mol. The lowest BCUT2D eigenvalue weighted by molar-refractivity contribution is 0.0695. The van der Waals surface area contributed by atoms with Crippen LogP contribution >= 0.6 is 11.8 Å². The van der Waals surface area contributed by atoms with Gasteiger partial charge in [0.2, 0.25) is 0 Å². The number of carboxylic acids is 1. The first kappa shape index (κ1) is 23.8. The zero-order valence-electron chi connectivity index (χ0n) is 18.7. The van der Waals surface area contributed by atoms with Crippen LogP contribution in [0.25, 0.3) is 10.9 Å². The maximum absolute atomic E-state index is 12.8. The highest BCUT2D eigenvalue weighted by Gasteiger charge is 2.20. The number of thioether (sulfide) groups is 1. The molecule has 1 aromatic heterocycles. The molecule has 4 rings (SSSR count). The van der Waals surface area contributed by atoms with Crippen molar-refractivity contribution in [2.75, 3.05) is 4.72 Å². The summed E-state index contributed by atoms with van der Waals surface area (Å²) in [4.78, 5) is 17.2. The van der Waals surface area contributed by atoms with Gasteiger partial charge in [-0.2, -0.15) is 0 Å². The Morgan fingerprint density at radius 2 is 1.74 bits per heavy atom. The number of aromatic nitrogens is 1. The van der Waals surface area contributed by atoms with Crippen LogP contribution in [-0.2, 0) is 15.8 Å². The van der Waals surface area contributed by atoms with E-state index in [0.29, 0.717) is 17.0 Å². The van der Waals surface area contributed by atoms with E-state index in [1.165, 1.54) is 12.1 Å². The van der Waals surface area contributed by atoms with Crippen LogP contribution in [0.4, 0.5) is 5.69 Å². The molecule has 0 unspecified atom stereocenters. The summed E-state index contributed by atoms with van der Waals surface area (Å²) >= 11 is 1.61. The quantitative estimate of drug-likeness (QED) is 0.286. The van der Waals surface area contributed by atoms with E-state index in [9.17, 15) is 18.3 Å². The Hall–Kier alpha value is -3.36. The lowest BCUT2D eigenvalue weighted by Gasteiger charge is -2.13. The van der Waals surface area contributed by atoms with E-state index in [1.54, 1.807) is 30.0 Å². The molecule has 174 valence electrons. The second-order valence-electron chi connectivity index (χ2n) is 8.12. The van der Waals surface area contributed by atoms with E-state index in [1.807, 2.05) is 56.3 Å². The molecule has 3 aromatic carbocycles. The lowest BCUT2D eigenvalue weighted by atomic mass is 9.97. The van der Waals surface area contributed by atoms with Crippen LogP contribution in [-0.4, -0.2) is 24.5 Å². The van der Waals surface area contributed by atoms with Crippen LogP contribution in [0.3, 0.4) is 0 Å². The van der Waals surface area contributed by atoms with Crippen LogP contribution in [0.15, 0.2) is 88.7 Å². The number of hydrogen-bond donors (Lipinski definition) is 2. The molecule has 0 atom stereocenters. The largest absolute Gasteiger partial charge is 0.478 e. The highest BCUT2D eigenvalue weighted by molar-refractivity contribution is 7.98. The number of fused-ring (bicyclic) bond motifs is 1. The van der Waals surface area contributed by atoms with Gasteiger partial charge in [0.1, 0.15) is 0 Å². The Labute approximate surface area is 203 Å². The molecule has 2 N–H and O–H groups in total. The smallest absolute Gasteiger partial charge is 0.336 e. The number of sulfonamides is 1. The second-order valence-corrected chi connectivity index (χ2v) is 10.9. The van der Waals surface area contributed by atoms with Gasteiger partial charge in [0, 0.05) is 21.7 Å². The fourth-order valence-corrected chi connectivity index (χ4v) is 5.46. The van der Waals surface area contributed by atoms with Gasteiger partial charge in [0.15, 0.2) is 0 Å². The highest BCUT2D eigenvalue weighted by atomic mass is 32.2. The minimum absolute atomic E-state index is 0.00748. The third-order valence-corrected chi connectivity index (χ3v) is 7.76. The van der Waals surface area contributed by atoms with Gasteiger partial charge in [-0.15, -0.1) is 11.8 Å². The number of carbonyl (C=O) groups is 1. The molecular formula is C26H24N2O4S2. The van der Waals surface area contributed by atoms with E-state index in [0.717, 1.165) is 21.5 Å². The van der Waals surface area contributed by atoms with E-state index < -0.39 is 16.0 Å². The summed E-state index contributed by atoms with van der Waals surface area (Å²) in [6.45, 7) is 3.73. The zero-order chi connectivity index (χ0) is 24.3. The minimum atomic E-state index is -3.93. The molecule has 6 nitrogen and oxygen atoms in total. The number of aromatic carboxylic acids is 1. The number of benzene rings is 3. The summed E-state index contributed by atoms with van der Waals surface area (Å²) in [5.74, 6) is -0.496. The summed E-state index contributed by atoms with van der Waals surface area (Å²) in [6.07, 6.45) is 0. The lowest BCUT2D eigenvalue weighted by Crippen LogP contribution is -2.15. The van der Waals surface area contributed by atoms with Crippen molar-refractivity contribution in [2.45, 2.75) is 35.3 Å². The molecule has 1 heterocycles. The molecule has 0 amide bonds. The van der Waals surface area contributed by atoms with E-state index in [-0.39, 0.29) is 16.4 Å². The summed E-state index contributed by atoms with van der Waals surface area (Å²) in [7, 11) is -3.93. The van der Waals surface area contributed by atoms with Crippen LogP contribution in [0.5, 0.6) is 0 Å². The molecule has 4 aromatic rings. The summed E-state index contributed by atoms with van der Waals surface area (Å²) in [5, 5.41) is 10.6. The molecule has 0 fully saturated rings. The van der Waals surface area contributed by atoms with Gasteiger partial charge in [-0.3, -0.25) is 9.71 Å². The summed E-state index contributed by atoms with van der Waals surface area (Å²) in [5.41, 5.74) is 2.91. The normalized spacial score (nSPS) is 11.6. The molecule has 0 radical (unpaired) electrons. The zero-order valence-corrected chi connectivity index (χ0v) is 20.4. The Morgan fingerprint density at radius 3 is 2.44 bits per heavy atom. The van der Waals surface area contributed by atoms with Crippen LogP contribution in [0, 0.1) is 0 Å². The molecule has 0 aliphatic heterocycles. The SMILES string of the molecule is CC(C)c1ccc(S(=O)(=O)Nc2ccc(SCc3ccc4ccccc4n3)cc2)cc1C(=O)O. The molecule has 0 aliphatic rings. The van der Waals surface area contributed by atoms with Gasteiger partial charge in [-0.1, -0.05) is 44.2 Å². The fourth-order valence-electron chi connectivity index (χ4n) is 3.57. The third-order valence-electron chi connectivity index (χ3n) is 5.34. The molecule has 34 heavy (non-hydrogen) atoms. The van der Waals surface area contributed by atoms with Gasteiger partial charge < -0.3 is 5.11 Å². The monoisotopic (exact) mass is 492 g/mol. The first-order chi connectivity index (χ1) is 16.2. The summed E-state index contributed by atoms with van der Waals surface area (Å²) < 4.78 is 28.2. The van der Waals surface area contributed by atoms with Crippen molar-refractivity contribution >= 4 is 44.3 Å². The Bertz CT molecular complexity index is 1450. The van der Waals surface area contributed by atoms with Crippen molar-refractivity contribution in [3.8, 4) is 0 Å². The topological polar surface area (TPSA) is 96.4 Å².